The number of para-hydroxylation sites is 2. The number of unbranched alkanes of at least 4 members (excludes halogenated alkanes) is 1. The third-order valence-corrected chi connectivity index (χ3v) is 6.06. The van der Waals surface area contributed by atoms with Crippen LogP contribution in [-0.4, -0.2) is 39.5 Å². The van der Waals surface area contributed by atoms with Gasteiger partial charge < -0.3 is 14.2 Å². The van der Waals surface area contributed by atoms with Crippen molar-refractivity contribution in [2.75, 3.05) is 13.2 Å². The zero-order chi connectivity index (χ0) is 23.2. The van der Waals surface area contributed by atoms with Crippen molar-refractivity contribution in [2.24, 2.45) is 0 Å². The van der Waals surface area contributed by atoms with Crippen LogP contribution >= 0.6 is 0 Å². The van der Waals surface area contributed by atoms with Gasteiger partial charge in [0.25, 0.3) is 11.5 Å². The van der Waals surface area contributed by atoms with E-state index in [2.05, 4.69) is 18.0 Å². The maximum atomic E-state index is 13.0. The van der Waals surface area contributed by atoms with Gasteiger partial charge in [-0.15, -0.1) is 0 Å². The molecule has 3 aromatic rings. The lowest BCUT2D eigenvalue weighted by Gasteiger charge is -2.28. The minimum Gasteiger partial charge on any atom is -0.456 e. The van der Waals surface area contributed by atoms with Crippen LogP contribution in [0.5, 0.6) is 0 Å². The quantitative estimate of drug-likeness (QED) is 0.495. The van der Waals surface area contributed by atoms with Crippen molar-refractivity contribution in [3.63, 3.8) is 0 Å². The van der Waals surface area contributed by atoms with Crippen LogP contribution in [-0.2, 0) is 40.3 Å². The van der Waals surface area contributed by atoms with Crippen molar-refractivity contribution in [3.8, 4) is 0 Å². The van der Waals surface area contributed by atoms with Crippen molar-refractivity contribution in [2.45, 2.75) is 52.1 Å². The fraction of sp³-hybridized carbons (Fsp3) is 0.385. The average Bonchev–Trinajstić information content (AvgIpc) is 2.85. The van der Waals surface area contributed by atoms with Crippen LogP contribution < -0.4 is 5.56 Å². The van der Waals surface area contributed by atoms with Gasteiger partial charge in [-0.25, -0.2) is 4.98 Å². The summed E-state index contributed by atoms with van der Waals surface area (Å²) in [6.07, 6.45) is 2.85. The van der Waals surface area contributed by atoms with E-state index in [9.17, 15) is 14.4 Å². The number of aromatic nitrogens is 2. The lowest BCUT2D eigenvalue weighted by molar-refractivity contribution is -0.152. The van der Waals surface area contributed by atoms with Gasteiger partial charge in [-0.1, -0.05) is 49.7 Å². The first-order valence-electron chi connectivity index (χ1n) is 11.6. The van der Waals surface area contributed by atoms with Gasteiger partial charge in [-0.2, -0.15) is 0 Å². The highest BCUT2D eigenvalue weighted by Crippen LogP contribution is 2.18. The Kier molecular flexibility index (Phi) is 7.17. The van der Waals surface area contributed by atoms with Gasteiger partial charge in [0.1, 0.15) is 5.69 Å². The summed E-state index contributed by atoms with van der Waals surface area (Å²) in [5, 5.41) is 0. The molecular formula is C26H29N3O4. The van der Waals surface area contributed by atoms with Crippen molar-refractivity contribution in [1.29, 1.82) is 0 Å². The Bertz CT molecular complexity index is 1220. The molecule has 172 valence electrons. The molecule has 7 heteroatoms. The zero-order valence-corrected chi connectivity index (χ0v) is 19.0. The molecule has 0 fully saturated rings. The molecule has 2 aromatic carbocycles. The number of carbonyl (C=O) groups is 2. The van der Waals surface area contributed by atoms with E-state index in [-0.39, 0.29) is 30.9 Å². The fourth-order valence-corrected chi connectivity index (χ4v) is 4.18. The normalized spacial score (nSPS) is 13.1. The number of benzene rings is 2. The smallest absolute Gasteiger partial charge is 0.306 e. The van der Waals surface area contributed by atoms with E-state index in [1.165, 1.54) is 5.56 Å². The molecule has 1 aliphatic heterocycles. The summed E-state index contributed by atoms with van der Waals surface area (Å²) in [4.78, 5) is 44.0. The first-order valence-corrected chi connectivity index (χ1v) is 11.6. The molecule has 0 atom stereocenters. The highest BCUT2D eigenvalue weighted by atomic mass is 16.5. The second-order valence-corrected chi connectivity index (χ2v) is 8.35. The summed E-state index contributed by atoms with van der Waals surface area (Å²) >= 11 is 0. The molecule has 7 nitrogen and oxygen atoms in total. The first-order chi connectivity index (χ1) is 16.1. The van der Waals surface area contributed by atoms with Crippen molar-refractivity contribution in [1.82, 2.24) is 14.5 Å². The maximum Gasteiger partial charge on any atom is 0.306 e. The molecule has 1 aliphatic rings. The SMILES string of the molecule is CCCCn1c(=O)c(CCC(=O)OCC(=O)N2CCc3ccccc3C2)nc2ccccc21. The second-order valence-electron chi connectivity index (χ2n) is 8.35. The molecule has 33 heavy (non-hydrogen) atoms. The van der Waals surface area contributed by atoms with E-state index >= 15 is 0 Å². The van der Waals surface area contributed by atoms with Crippen LogP contribution in [0.15, 0.2) is 53.3 Å². The summed E-state index contributed by atoms with van der Waals surface area (Å²) in [6, 6.07) is 15.6. The molecule has 0 unspecified atom stereocenters. The van der Waals surface area contributed by atoms with Crippen LogP contribution in [0.2, 0.25) is 0 Å². The minimum atomic E-state index is -0.504. The Morgan fingerprint density at radius 2 is 1.82 bits per heavy atom. The minimum absolute atomic E-state index is 0.00444. The molecule has 0 radical (unpaired) electrons. The summed E-state index contributed by atoms with van der Waals surface area (Å²) in [5.41, 5.74) is 4.10. The summed E-state index contributed by atoms with van der Waals surface area (Å²) in [6.45, 7) is 3.56. The molecule has 1 amide bonds. The molecule has 0 saturated carbocycles. The largest absolute Gasteiger partial charge is 0.456 e. The lowest BCUT2D eigenvalue weighted by atomic mass is 10.00. The highest BCUT2D eigenvalue weighted by molar-refractivity contribution is 5.81. The Balaban J connectivity index is 1.35. The molecule has 0 bridgehead atoms. The van der Waals surface area contributed by atoms with Crippen LogP contribution in [0.3, 0.4) is 0 Å². The molecule has 0 saturated heterocycles. The summed E-state index contributed by atoms with van der Waals surface area (Å²) in [5.74, 6) is -0.709. The number of hydrogen-bond acceptors (Lipinski definition) is 5. The monoisotopic (exact) mass is 447 g/mol. The van der Waals surface area contributed by atoms with E-state index in [4.69, 9.17) is 4.74 Å². The molecule has 4 rings (SSSR count). The lowest BCUT2D eigenvalue weighted by Crippen LogP contribution is -2.38. The van der Waals surface area contributed by atoms with Gasteiger partial charge in [0.2, 0.25) is 0 Å². The molecule has 0 N–H and O–H groups in total. The van der Waals surface area contributed by atoms with Crippen LogP contribution in [0.4, 0.5) is 0 Å². The summed E-state index contributed by atoms with van der Waals surface area (Å²) in [7, 11) is 0. The Morgan fingerprint density at radius 1 is 1.06 bits per heavy atom. The number of amides is 1. The maximum absolute atomic E-state index is 13.0. The van der Waals surface area contributed by atoms with Crippen molar-refractivity contribution in [3.05, 3.63) is 75.7 Å². The second kappa shape index (κ2) is 10.4. The molecule has 2 heterocycles. The third-order valence-electron chi connectivity index (χ3n) is 6.06. The highest BCUT2D eigenvalue weighted by Gasteiger charge is 2.21. The molecule has 0 spiro atoms. The number of nitrogens with zero attached hydrogens (tertiary/aromatic N) is 3. The predicted octanol–water partition coefficient (Wildman–Crippen LogP) is 3.26. The number of esters is 1. The Hall–Kier alpha value is -3.48. The Labute approximate surface area is 193 Å². The van der Waals surface area contributed by atoms with Crippen LogP contribution in [0.1, 0.15) is 43.0 Å². The van der Waals surface area contributed by atoms with Gasteiger partial charge >= 0.3 is 5.97 Å². The fourth-order valence-electron chi connectivity index (χ4n) is 4.18. The Morgan fingerprint density at radius 3 is 2.64 bits per heavy atom. The molecule has 1 aromatic heterocycles. The van der Waals surface area contributed by atoms with Gasteiger partial charge in [-0.3, -0.25) is 14.4 Å². The van der Waals surface area contributed by atoms with E-state index < -0.39 is 5.97 Å². The number of carbonyl (C=O) groups excluding carboxylic acids is 2. The number of ether oxygens (including phenoxy) is 1. The number of hydrogen-bond donors (Lipinski definition) is 0. The number of fused-ring (bicyclic) bond motifs is 2. The van der Waals surface area contributed by atoms with Crippen LogP contribution in [0.25, 0.3) is 11.0 Å². The van der Waals surface area contributed by atoms with Gasteiger partial charge in [0, 0.05) is 26.1 Å². The average molecular weight is 448 g/mol. The number of rotatable bonds is 8. The zero-order valence-electron chi connectivity index (χ0n) is 19.0. The van der Waals surface area contributed by atoms with E-state index in [0.717, 1.165) is 35.9 Å². The third kappa shape index (κ3) is 5.30. The van der Waals surface area contributed by atoms with E-state index in [1.807, 2.05) is 42.5 Å². The van der Waals surface area contributed by atoms with E-state index in [0.29, 0.717) is 25.3 Å². The number of aryl methyl sites for hydroxylation is 2. The van der Waals surface area contributed by atoms with Gasteiger partial charge in [0.05, 0.1) is 17.5 Å². The van der Waals surface area contributed by atoms with Gasteiger partial charge in [0.15, 0.2) is 6.61 Å². The van der Waals surface area contributed by atoms with Crippen molar-refractivity contribution >= 4 is 22.9 Å². The predicted molar refractivity (Wildman–Crippen MR) is 126 cm³/mol. The van der Waals surface area contributed by atoms with E-state index in [1.54, 1.807) is 9.47 Å². The molecule has 0 aliphatic carbocycles. The topological polar surface area (TPSA) is 81.5 Å². The first kappa shape index (κ1) is 22.7. The van der Waals surface area contributed by atoms with Gasteiger partial charge in [-0.05, 0) is 36.1 Å². The van der Waals surface area contributed by atoms with Crippen molar-refractivity contribution < 1.29 is 14.3 Å². The van der Waals surface area contributed by atoms with Crippen LogP contribution in [0, 0.1) is 0 Å². The molecular weight excluding hydrogens is 418 g/mol. The standard InChI is InChI=1S/C26H29N3O4/c1-2-3-15-29-23-11-7-6-10-21(23)27-22(26(29)32)12-13-25(31)33-18-24(30)28-16-14-19-8-4-5-9-20(19)17-28/h4-11H,2-3,12-18H2,1H3. The summed E-state index contributed by atoms with van der Waals surface area (Å²) < 4.78 is 6.96.